The molecule has 0 aromatic carbocycles. The van der Waals surface area contributed by atoms with Crippen LogP contribution in [-0.4, -0.2) is 142 Å². The number of allylic oxidation sites excluding steroid dienone is 16. The number of esters is 1. The highest BCUT2D eigenvalue weighted by molar-refractivity contribution is 5.69. The first-order chi connectivity index (χ1) is 37.1. The molecular formula is C62H104O14. The summed E-state index contributed by atoms with van der Waals surface area (Å²) in [4.78, 5) is 13.1. The molecular weight excluding hydrogens is 969 g/mol. The largest absolute Gasteiger partial charge is 0.457 e. The summed E-state index contributed by atoms with van der Waals surface area (Å²) in [5.74, 6) is -0.437. The van der Waals surface area contributed by atoms with Crippen molar-refractivity contribution in [3.05, 3.63) is 97.2 Å². The third-order valence-electron chi connectivity index (χ3n) is 13.3. The van der Waals surface area contributed by atoms with Crippen LogP contribution in [0.2, 0.25) is 0 Å². The Labute approximate surface area is 458 Å². The second-order valence-electron chi connectivity index (χ2n) is 20.1. The molecule has 0 amide bonds. The van der Waals surface area contributed by atoms with Crippen LogP contribution >= 0.6 is 0 Å². The molecule has 2 aliphatic rings. The van der Waals surface area contributed by atoms with Crippen LogP contribution in [0.5, 0.6) is 0 Å². The Balaban J connectivity index is 1.76. The van der Waals surface area contributed by atoms with Gasteiger partial charge in [-0.1, -0.05) is 188 Å². The van der Waals surface area contributed by atoms with Crippen LogP contribution in [0.4, 0.5) is 0 Å². The summed E-state index contributed by atoms with van der Waals surface area (Å²) in [6.45, 7) is 3.48. The molecule has 2 rings (SSSR count). The maximum absolute atomic E-state index is 13.1. The van der Waals surface area contributed by atoms with E-state index in [1.54, 1.807) is 0 Å². The van der Waals surface area contributed by atoms with Gasteiger partial charge in [0.2, 0.25) is 0 Å². The predicted molar refractivity (Wildman–Crippen MR) is 302 cm³/mol. The molecule has 76 heavy (non-hydrogen) atoms. The van der Waals surface area contributed by atoms with E-state index < -0.39 is 86.7 Å². The van der Waals surface area contributed by atoms with Gasteiger partial charge in [-0.25, -0.2) is 0 Å². The van der Waals surface area contributed by atoms with Crippen molar-refractivity contribution in [1.29, 1.82) is 0 Å². The molecule has 14 nitrogen and oxygen atoms in total. The highest BCUT2D eigenvalue weighted by Crippen LogP contribution is 2.26. The lowest BCUT2D eigenvalue weighted by molar-refractivity contribution is -0.332. The van der Waals surface area contributed by atoms with Gasteiger partial charge in [0.15, 0.2) is 12.6 Å². The zero-order valence-electron chi connectivity index (χ0n) is 46.7. The molecule has 7 N–H and O–H groups in total. The van der Waals surface area contributed by atoms with Crippen LogP contribution in [0.3, 0.4) is 0 Å². The van der Waals surface area contributed by atoms with Gasteiger partial charge >= 0.3 is 5.97 Å². The van der Waals surface area contributed by atoms with Crippen molar-refractivity contribution < 1.29 is 69.0 Å². The molecule has 0 saturated carbocycles. The Hall–Kier alpha value is -3.09. The molecule has 11 atom stereocenters. The van der Waals surface area contributed by atoms with E-state index in [0.29, 0.717) is 19.4 Å². The summed E-state index contributed by atoms with van der Waals surface area (Å²) in [6, 6.07) is 0. The number of aliphatic hydroxyl groups is 7. The van der Waals surface area contributed by atoms with Gasteiger partial charge in [-0.15, -0.1) is 0 Å². The molecule has 2 saturated heterocycles. The lowest BCUT2D eigenvalue weighted by atomic mass is 9.98. The first-order valence-electron chi connectivity index (χ1n) is 29.3. The fraction of sp³-hybridized carbons (Fsp3) is 0.726. The zero-order valence-corrected chi connectivity index (χ0v) is 46.7. The quantitative estimate of drug-likeness (QED) is 0.0172. The summed E-state index contributed by atoms with van der Waals surface area (Å²) >= 11 is 0. The molecule has 2 heterocycles. The van der Waals surface area contributed by atoms with Crippen LogP contribution in [0.1, 0.15) is 187 Å². The number of carbonyl (C=O) groups is 1. The monoisotopic (exact) mass is 1070 g/mol. The molecule has 0 spiro atoms. The van der Waals surface area contributed by atoms with Crippen LogP contribution in [0, 0.1) is 0 Å². The second-order valence-corrected chi connectivity index (χ2v) is 20.1. The maximum Gasteiger partial charge on any atom is 0.306 e. The fourth-order valence-corrected chi connectivity index (χ4v) is 8.62. The van der Waals surface area contributed by atoms with Gasteiger partial charge in [-0.05, 0) is 89.9 Å². The van der Waals surface area contributed by atoms with Gasteiger partial charge in [0.25, 0.3) is 0 Å². The van der Waals surface area contributed by atoms with E-state index in [-0.39, 0.29) is 19.6 Å². The van der Waals surface area contributed by atoms with Crippen molar-refractivity contribution in [2.75, 3.05) is 33.0 Å². The average molecular weight is 1070 g/mol. The van der Waals surface area contributed by atoms with Gasteiger partial charge < -0.3 is 64.2 Å². The van der Waals surface area contributed by atoms with Crippen molar-refractivity contribution in [2.45, 2.75) is 255 Å². The summed E-state index contributed by atoms with van der Waals surface area (Å²) in [5, 5.41) is 72.4. The molecule has 0 aromatic heterocycles. The van der Waals surface area contributed by atoms with Crippen LogP contribution in [-0.2, 0) is 33.2 Å². The number of hydrogen-bond donors (Lipinski definition) is 7. The van der Waals surface area contributed by atoms with Crippen molar-refractivity contribution >= 4 is 5.97 Å². The van der Waals surface area contributed by atoms with E-state index in [1.165, 1.54) is 89.9 Å². The van der Waals surface area contributed by atoms with Crippen molar-refractivity contribution in [2.24, 2.45) is 0 Å². The van der Waals surface area contributed by atoms with E-state index in [0.717, 1.165) is 64.2 Å². The van der Waals surface area contributed by atoms with Crippen LogP contribution in [0.15, 0.2) is 97.2 Å². The van der Waals surface area contributed by atoms with E-state index in [1.807, 2.05) is 0 Å². The molecule has 436 valence electrons. The predicted octanol–water partition coefficient (Wildman–Crippen LogP) is 10.6. The smallest absolute Gasteiger partial charge is 0.306 e. The number of hydrogen-bond acceptors (Lipinski definition) is 14. The maximum atomic E-state index is 13.1. The SMILES string of the molecule is CC/C=C\C/C=C\C/C=C\C/C=C\C/C=C\C/C=C\C/C=C\CCCC(=O)OC(COCCCCCCCCCC/C=C\CCCCCCCCC)COC1OC(COC2OC(CO)C(O)C(O)C2O)C(O)C(O)C1O. The van der Waals surface area contributed by atoms with E-state index >= 15 is 0 Å². The molecule has 2 aliphatic heterocycles. The Morgan fingerprint density at radius 2 is 0.855 bits per heavy atom. The number of ether oxygens (including phenoxy) is 6. The van der Waals surface area contributed by atoms with Gasteiger partial charge in [0, 0.05) is 13.0 Å². The van der Waals surface area contributed by atoms with Gasteiger partial charge in [0.05, 0.1) is 26.4 Å². The Morgan fingerprint density at radius 1 is 0.447 bits per heavy atom. The average Bonchev–Trinajstić information content (AvgIpc) is 3.42. The van der Waals surface area contributed by atoms with Gasteiger partial charge in [0.1, 0.15) is 54.9 Å². The minimum absolute atomic E-state index is 0.0305. The number of rotatable bonds is 46. The first kappa shape index (κ1) is 69.0. The molecule has 11 unspecified atom stereocenters. The number of aliphatic hydroxyl groups excluding tert-OH is 7. The van der Waals surface area contributed by atoms with E-state index in [9.17, 15) is 40.5 Å². The molecule has 0 aromatic rings. The molecule has 0 bridgehead atoms. The van der Waals surface area contributed by atoms with Crippen LogP contribution in [0.25, 0.3) is 0 Å². The third-order valence-corrected chi connectivity index (χ3v) is 13.3. The topological polar surface area (TPSA) is 214 Å². The minimum atomic E-state index is -1.72. The van der Waals surface area contributed by atoms with E-state index in [2.05, 4.69) is 111 Å². The highest BCUT2D eigenvalue weighted by Gasteiger charge is 2.47. The Morgan fingerprint density at radius 3 is 1.36 bits per heavy atom. The first-order valence-corrected chi connectivity index (χ1v) is 29.3. The summed E-state index contributed by atoms with van der Waals surface area (Å²) in [7, 11) is 0. The zero-order chi connectivity index (χ0) is 55.1. The summed E-state index contributed by atoms with van der Waals surface area (Å²) in [5.41, 5.74) is 0. The highest BCUT2D eigenvalue weighted by atomic mass is 16.7. The normalized spacial score (nSPS) is 25.2. The van der Waals surface area contributed by atoms with Crippen LogP contribution < -0.4 is 0 Å². The lowest BCUT2D eigenvalue weighted by Crippen LogP contribution is -2.61. The van der Waals surface area contributed by atoms with Crippen molar-refractivity contribution in [1.82, 2.24) is 0 Å². The summed E-state index contributed by atoms with van der Waals surface area (Å²) in [6.07, 6.45) is 47.6. The van der Waals surface area contributed by atoms with Crippen molar-refractivity contribution in [3.63, 3.8) is 0 Å². The standard InChI is InChI=1S/C62H104O14/c1-3-5-7-9-11-13-15-17-19-21-23-24-25-26-27-29-31-33-35-37-39-41-43-45-54(64)74-51(48-71-46-44-42-40-38-36-34-32-30-28-22-20-18-16-14-12-10-8-6-4-2)49-72-61-60(70)58(68)56(66)53(76-61)50-73-62-59(69)57(67)55(65)52(47-63)75-62/h5,7,11,13,17,19-20,22-24,26-27,31,33,37,39,51-53,55-63,65-70H,3-4,6,8-10,12,14-16,18,21,25,28-30,32,34-36,38,40-50H2,1-2H3/b7-5-,13-11-,19-17-,22-20-,24-23-,27-26-,33-31-,39-37-. The minimum Gasteiger partial charge on any atom is -0.457 e. The van der Waals surface area contributed by atoms with E-state index in [4.69, 9.17) is 28.4 Å². The van der Waals surface area contributed by atoms with Gasteiger partial charge in [-0.3, -0.25) is 4.79 Å². The molecule has 0 aliphatic carbocycles. The second kappa shape index (κ2) is 47.9. The summed E-state index contributed by atoms with van der Waals surface area (Å²) < 4.78 is 34.3. The van der Waals surface area contributed by atoms with Crippen molar-refractivity contribution in [3.8, 4) is 0 Å². The molecule has 14 heteroatoms. The van der Waals surface area contributed by atoms with Gasteiger partial charge in [-0.2, -0.15) is 0 Å². The molecule has 0 radical (unpaired) electrons. The Kier molecular flexibility index (Phi) is 43.5. The third kappa shape index (κ3) is 34.0. The lowest BCUT2D eigenvalue weighted by Gasteiger charge is -2.42. The Bertz CT molecular complexity index is 1620. The fourth-order valence-electron chi connectivity index (χ4n) is 8.62. The number of unbranched alkanes of at least 4 members (excludes halogenated alkanes) is 16. The number of carbonyl (C=O) groups excluding carboxylic acids is 1. The molecule has 2 fully saturated rings.